The lowest BCUT2D eigenvalue weighted by molar-refractivity contribution is -0.144. The lowest BCUT2D eigenvalue weighted by Gasteiger charge is -2.10. The molecule has 1 unspecified atom stereocenters. The second-order valence-corrected chi connectivity index (χ2v) is 4.95. The van der Waals surface area contributed by atoms with Crippen LogP contribution in [0.2, 0.25) is 0 Å². The van der Waals surface area contributed by atoms with Crippen molar-refractivity contribution in [2.45, 2.75) is 19.4 Å². The second-order valence-electron chi connectivity index (χ2n) is 4.95. The number of hydrogen-bond acceptors (Lipinski definition) is 4. The molecule has 3 aromatic rings. The third-order valence-corrected chi connectivity index (χ3v) is 3.52. The predicted octanol–water partition coefficient (Wildman–Crippen LogP) is 3.44. The Morgan fingerprint density at radius 3 is 2.68 bits per heavy atom. The van der Waals surface area contributed by atoms with Gasteiger partial charge in [0.2, 0.25) is 0 Å². The van der Waals surface area contributed by atoms with E-state index in [1.165, 1.54) is 0 Å². The quantitative estimate of drug-likeness (QED) is 0.748. The van der Waals surface area contributed by atoms with E-state index in [0.717, 1.165) is 27.5 Å². The van der Waals surface area contributed by atoms with E-state index >= 15 is 0 Å². The van der Waals surface area contributed by atoms with Crippen LogP contribution in [0, 0.1) is 0 Å². The van der Waals surface area contributed by atoms with Gasteiger partial charge in [-0.2, -0.15) is 0 Å². The standard InChI is InChI=1S/C17H17NO3.ClH/c1-2-20-17(19)14(18)10-11-6-5-8-13-12-7-3-4-9-15(12)21-16(11)13;/h3-9,14H,2,10,18H2,1H3;1H. The molecule has 4 nitrogen and oxygen atoms in total. The number of nitrogens with two attached hydrogens (primary N) is 1. The summed E-state index contributed by atoms with van der Waals surface area (Å²) in [7, 11) is 0. The molecule has 0 aliphatic carbocycles. The summed E-state index contributed by atoms with van der Waals surface area (Å²) < 4.78 is 10.9. The summed E-state index contributed by atoms with van der Waals surface area (Å²) in [5, 5.41) is 2.11. The topological polar surface area (TPSA) is 65.5 Å². The Kier molecular flexibility index (Phi) is 5.06. The van der Waals surface area contributed by atoms with Crippen LogP contribution >= 0.6 is 12.4 Å². The van der Waals surface area contributed by atoms with Gasteiger partial charge in [0.25, 0.3) is 0 Å². The Morgan fingerprint density at radius 2 is 1.91 bits per heavy atom. The minimum Gasteiger partial charge on any atom is -0.465 e. The van der Waals surface area contributed by atoms with Gasteiger partial charge in [-0.05, 0) is 18.6 Å². The van der Waals surface area contributed by atoms with Crippen molar-refractivity contribution in [1.29, 1.82) is 0 Å². The van der Waals surface area contributed by atoms with Crippen LogP contribution in [0.25, 0.3) is 21.9 Å². The maximum Gasteiger partial charge on any atom is 0.323 e. The largest absolute Gasteiger partial charge is 0.465 e. The number of para-hydroxylation sites is 2. The number of benzene rings is 2. The summed E-state index contributed by atoms with van der Waals surface area (Å²) in [4.78, 5) is 11.7. The lowest BCUT2D eigenvalue weighted by Crippen LogP contribution is -2.34. The van der Waals surface area contributed by atoms with Gasteiger partial charge in [-0.3, -0.25) is 4.79 Å². The average molecular weight is 320 g/mol. The van der Waals surface area contributed by atoms with Crippen LogP contribution in [0.1, 0.15) is 12.5 Å². The summed E-state index contributed by atoms with van der Waals surface area (Å²) >= 11 is 0. The van der Waals surface area contributed by atoms with Crippen molar-refractivity contribution in [1.82, 2.24) is 0 Å². The van der Waals surface area contributed by atoms with Gasteiger partial charge in [-0.1, -0.05) is 36.4 Å². The Morgan fingerprint density at radius 1 is 1.18 bits per heavy atom. The highest BCUT2D eigenvalue weighted by atomic mass is 35.5. The van der Waals surface area contributed by atoms with E-state index in [1.54, 1.807) is 6.92 Å². The number of hydrogen-bond donors (Lipinski definition) is 1. The lowest BCUT2D eigenvalue weighted by atomic mass is 10.0. The molecule has 1 heterocycles. The first-order valence-electron chi connectivity index (χ1n) is 7.02. The SMILES string of the molecule is CCOC(=O)C(N)Cc1cccc2c1oc1ccccc12.Cl. The third kappa shape index (κ3) is 2.93. The number of fused-ring (bicyclic) bond motifs is 3. The maximum atomic E-state index is 11.7. The summed E-state index contributed by atoms with van der Waals surface area (Å²) in [6.45, 7) is 2.10. The Labute approximate surface area is 134 Å². The van der Waals surface area contributed by atoms with Crippen molar-refractivity contribution in [3.8, 4) is 0 Å². The van der Waals surface area contributed by atoms with Crippen LogP contribution in [0.5, 0.6) is 0 Å². The van der Waals surface area contributed by atoms with Crippen molar-refractivity contribution in [3.05, 3.63) is 48.0 Å². The molecular formula is C17H18ClNO3. The fraction of sp³-hybridized carbons (Fsp3) is 0.235. The highest BCUT2D eigenvalue weighted by Gasteiger charge is 2.18. The van der Waals surface area contributed by atoms with Crippen LogP contribution in [0.15, 0.2) is 46.9 Å². The average Bonchev–Trinajstić information content (AvgIpc) is 2.87. The fourth-order valence-electron chi connectivity index (χ4n) is 2.54. The van der Waals surface area contributed by atoms with E-state index < -0.39 is 6.04 Å². The Bertz CT molecular complexity index is 797. The molecule has 1 atom stereocenters. The number of rotatable bonds is 4. The van der Waals surface area contributed by atoms with Crippen molar-refractivity contribution in [2.24, 2.45) is 5.73 Å². The minimum absolute atomic E-state index is 0. The highest BCUT2D eigenvalue weighted by Crippen LogP contribution is 2.31. The van der Waals surface area contributed by atoms with Gasteiger partial charge in [-0.15, -0.1) is 12.4 Å². The first kappa shape index (κ1) is 16.3. The van der Waals surface area contributed by atoms with Crippen LogP contribution in [0.4, 0.5) is 0 Å². The number of carbonyl (C=O) groups is 1. The molecule has 3 rings (SSSR count). The van der Waals surface area contributed by atoms with Crippen LogP contribution < -0.4 is 5.73 Å². The number of carbonyl (C=O) groups excluding carboxylic acids is 1. The zero-order chi connectivity index (χ0) is 14.8. The van der Waals surface area contributed by atoms with Gasteiger partial charge in [0, 0.05) is 17.2 Å². The predicted molar refractivity (Wildman–Crippen MR) is 89.3 cm³/mol. The molecule has 2 N–H and O–H groups in total. The molecule has 0 amide bonds. The molecule has 0 spiro atoms. The van der Waals surface area contributed by atoms with Crippen LogP contribution in [-0.4, -0.2) is 18.6 Å². The molecule has 0 fully saturated rings. The van der Waals surface area contributed by atoms with E-state index in [-0.39, 0.29) is 18.4 Å². The van der Waals surface area contributed by atoms with Gasteiger partial charge in [0.15, 0.2) is 0 Å². The molecule has 0 aliphatic heterocycles. The molecule has 1 aromatic heterocycles. The van der Waals surface area contributed by atoms with Crippen molar-refractivity contribution >= 4 is 40.3 Å². The first-order chi connectivity index (χ1) is 10.2. The monoisotopic (exact) mass is 319 g/mol. The third-order valence-electron chi connectivity index (χ3n) is 3.52. The molecule has 0 bridgehead atoms. The summed E-state index contributed by atoms with van der Waals surface area (Å²) in [5.41, 5.74) is 8.45. The van der Waals surface area contributed by atoms with E-state index in [1.807, 2.05) is 42.5 Å². The van der Waals surface area contributed by atoms with E-state index in [9.17, 15) is 4.79 Å². The van der Waals surface area contributed by atoms with Gasteiger partial charge in [0.05, 0.1) is 6.61 Å². The number of ether oxygens (including phenoxy) is 1. The van der Waals surface area contributed by atoms with Gasteiger partial charge < -0.3 is 14.9 Å². The zero-order valence-corrected chi connectivity index (χ0v) is 13.1. The normalized spacial score (nSPS) is 12.1. The zero-order valence-electron chi connectivity index (χ0n) is 12.2. The molecule has 2 aromatic carbocycles. The molecule has 0 aliphatic rings. The first-order valence-corrected chi connectivity index (χ1v) is 7.02. The van der Waals surface area contributed by atoms with E-state index in [2.05, 4.69) is 0 Å². The molecule has 0 saturated carbocycles. The molecule has 116 valence electrons. The molecule has 5 heteroatoms. The molecule has 22 heavy (non-hydrogen) atoms. The highest BCUT2D eigenvalue weighted by molar-refractivity contribution is 6.05. The van der Waals surface area contributed by atoms with Crippen molar-refractivity contribution < 1.29 is 13.9 Å². The summed E-state index contributed by atoms with van der Waals surface area (Å²) in [6.07, 6.45) is 0.399. The van der Waals surface area contributed by atoms with Crippen LogP contribution in [-0.2, 0) is 16.0 Å². The Balaban J connectivity index is 0.00000176. The van der Waals surface area contributed by atoms with Crippen molar-refractivity contribution in [3.63, 3.8) is 0 Å². The number of esters is 1. The van der Waals surface area contributed by atoms with Crippen LogP contribution in [0.3, 0.4) is 0 Å². The number of halogens is 1. The molecule has 0 radical (unpaired) electrons. The summed E-state index contributed by atoms with van der Waals surface area (Å²) in [5.74, 6) is -0.384. The molecule has 0 saturated heterocycles. The summed E-state index contributed by atoms with van der Waals surface area (Å²) in [6, 6.07) is 13.1. The van der Waals surface area contributed by atoms with Gasteiger partial charge in [0.1, 0.15) is 17.2 Å². The van der Waals surface area contributed by atoms with Gasteiger partial charge >= 0.3 is 5.97 Å². The van der Waals surface area contributed by atoms with E-state index in [4.69, 9.17) is 14.9 Å². The number of furan rings is 1. The fourth-order valence-corrected chi connectivity index (χ4v) is 2.54. The molecular weight excluding hydrogens is 302 g/mol. The van der Waals surface area contributed by atoms with E-state index in [0.29, 0.717) is 13.0 Å². The second kappa shape index (κ2) is 6.81. The van der Waals surface area contributed by atoms with Gasteiger partial charge in [-0.25, -0.2) is 0 Å². The van der Waals surface area contributed by atoms with Crippen molar-refractivity contribution in [2.75, 3.05) is 6.61 Å². The smallest absolute Gasteiger partial charge is 0.323 e. The minimum atomic E-state index is -0.677. The maximum absolute atomic E-state index is 11.7. The Hall–Kier alpha value is -2.04.